The van der Waals surface area contributed by atoms with E-state index in [2.05, 4.69) is 10.3 Å². The summed E-state index contributed by atoms with van der Waals surface area (Å²) in [5.74, 6) is -0.761. The third-order valence-corrected chi connectivity index (χ3v) is 2.58. The van der Waals surface area contributed by atoms with Crippen LogP contribution in [-0.2, 0) is 9.53 Å². The van der Waals surface area contributed by atoms with E-state index in [1.807, 2.05) is 13.8 Å². The maximum atomic E-state index is 11.5. The van der Waals surface area contributed by atoms with Gasteiger partial charge in [0.15, 0.2) is 0 Å². The SMILES string of the molecule is CCOC(=O)C(=N)C1CNCCC1=NC(C)C. The van der Waals surface area contributed by atoms with Crippen molar-refractivity contribution in [2.75, 3.05) is 19.7 Å². The number of esters is 1. The summed E-state index contributed by atoms with van der Waals surface area (Å²) in [6, 6.07) is 0.195. The first-order chi connectivity index (χ1) is 8.06. The Bertz CT molecular complexity index is 324. The third-order valence-electron chi connectivity index (χ3n) is 2.58. The fraction of sp³-hybridized carbons (Fsp3) is 0.750. The van der Waals surface area contributed by atoms with Crippen molar-refractivity contribution >= 4 is 17.4 Å². The number of carbonyl (C=O) groups excluding carboxylic acids is 1. The molecule has 0 aromatic rings. The zero-order chi connectivity index (χ0) is 12.8. The van der Waals surface area contributed by atoms with Gasteiger partial charge in [-0.1, -0.05) is 0 Å². The third kappa shape index (κ3) is 3.93. The van der Waals surface area contributed by atoms with Crippen LogP contribution in [0.4, 0.5) is 0 Å². The molecule has 96 valence electrons. The van der Waals surface area contributed by atoms with Crippen LogP contribution in [0.2, 0.25) is 0 Å². The van der Waals surface area contributed by atoms with Crippen LogP contribution in [0.15, 0.2) is 4.99 Å². The molecule has 1 aliphatic heterocycles. The Morgan fingerprint density at radius 3 is 2.94 bits per heavy atom. The minimum absolute atomic E-state index is 0.0125. The first-order valence-electron chi connectivity index (χ1n) is 6.09. The molecule has 0 radical (unpaired) electrons. The molecule has 1 heterocycles. The van der Waals surface area contributed by atoms with Crippen LogP contribution in [0.3, 0.4) is 0 Å². The summed E-state index contributed by atoms with van der Waals surface area (Å²) < 4.78 is 4.86. The quantitative estimate of drug-likeness (QED) is 0.568. The maximum absolute atomic E-state index is 11.5. The number of nitrogens with zero attached hydrogens (tertiary/aromatic N) is 1. The van der Waals surface area contributed by atoms with Crippen molar-refractivity contribution in [3.05, 3.63) is 0 Å². The molecule has 0 bridgehead atoms. The molecule has 1 saturated heterocycles. The van der Waals surface area contributed by atoms with Gasteiger partial charge in [0.25, 0.3) is 0 Å². The average Bonchev–Trinajstić information content (AvgIpc) is 2.28. The average molecular weight is 239 g/mol. The molecule has 0 amide bonds. The van der Waals surface area contributed by atoms with Crippen LogP contribution in [0.25, 0.3) is 0 Å². The van der Waals surface area contributed by atoms with Crippen molar-refractivity contribution in [3.8, 4) is 0 Å². The Labute approximate surface area is 102 Å². The Hall–Kier alpha value is -1.23. The van der Waals surface area contributed by atoms with Crippen LogP contribution >= 0.6 is 0 Å². The van der Waals surface area contributed by atoms with Crippen molar-refractivity contribution in [1.29, 1.82) is 5.41 Å². The molecule has 1 rings (SSSR count). The lowest BCUT2D eigenvalue weighted by Crippen LogP contribution is -2.44. The molecule has 2 N–H and O–H groups in total. The fourth-order valence-electron chi connectivity index (χ4n) is 1.86. The number of rotatable bonds is 4. The minimum Gasteiger partial charge on any atom is -0.462 e. The van der Waals surface area contributed by atoms with Crippen LogP contribution in [0.1, 0.15) is 27.2 Å². The van der Waals surface area contributed by atoms with Gasteiger partial charge in [-0.3, -0.25) is 10.4 Å². The first kappa shape index (κ1) is 13.8. The minimum atomic E-state index is -0.530. The van der Waals surface area contributed by atoms with E-state index in [1.165, 1.54) is 0 Å². The highest BCUT2D eigenvalue weighted by Crippen LogP contribution is 2.12. The summed E-state index contributed by atoms with van der Waals surface area (Å²) in [7, 11) is 0. The van der Waals surface area contributed by atoms with Crippen molar-refractivity contribution in [1.82, 2.24) is 5.32 Å². The van der Waals surface area contributed by atoms with E-state index in [1.54, 1.807) is 6.92 Å². The Morgan fingerprint density at radius 1 is 1.65 bits per heavy atom. The molecule has 1 fully saturated rings. The van der Waals surface area contributed by atoms with Crippen LogP contribution in [0, 0.1) is 11.3 Å². The molecule has 1 unspecified atom stereocenters. The van der Waals surface area contributed by atoms with E-state index in [-0.39, 0.29) is 17.7 Å². The van der Waals surface area contributed by atoms with E-state index < -0.39 is 5.97 Å². The lowest BCUT2D eigenvalue weighted by Gasteiger charge is -2.25. The predicted octanol–water partition coefficient (Wildman–Crippen LogP) is 1.03. The lowest BCUT2D eigenvalue weighted by atomic mass is 9.91. The molecule has 0 saturated carbocycles. The summed E-state index contributed by atoms with van der Waals surface area (Å²) in [5, 5.41) is 11.1. The standard InChI is InChI=1S/C12H21N3O2/c1-4-17-12(16)11(13)9-7-14-6-5-10(9)15-8(2)3/h8-9,13-14H,4-7H2,1-3H3. The van der Waals surface area contributed by atoms with Gasteiger partial charge in [0, 0.05) is 24.8 Å². The second kappa shape index (κ2) is 6.49. The number of hydrogen-bond acceptors (Lipinski definition) is 5. The van der Waals surface area contributed by atoms with E-state index >= 15 is 0 Å². The van der Waals surface area contributed by atoms with Crippen molar-refractivity contribution in [2.24, 2.45) is 10.9 Å². The number of piperidine rings is 1. The molecule has 5 nitrogen and oxygen atoms in total. The molecular weight excluding hydrogens is 218 g/mol. The second-order valence-electron chi connectivity index (χ2n) is 4.36. The normalized spacial score (nSPS) is 22.8. The Kier molecular flexibility index (Phi) is 5.28. The largest absolute Gasteiger partial charge is 0.462 e. The zero-order valence-corrected chi connectivity index (χ0v) is 10.7. The van der Waals surface area contributed by atoms with Gasteiger partial charge in [-0.15, -0.1) is 0 Å². The van der Waals surface area contributed by atoms with Gasteiger partial charge in [-0.2, -0.15) is 0 Å². The highest BCUT2D eigenvalue weighted by atomic mass is 16.5. The highest BCUT2D eigenvalue weighted by Gasteiger charge is 2.29. The molecule has 5 heteroatoms. The second-order valence-corrected chi connectivity index (χ2v) is 4.36. The summed E-state index contributed by atoms with van der Waals surface area (Å²) in [5.41, 5.74) is 0.954. The summed E-state index contributed by atoms with van der Waals surface area (Å²) in [4.78, 5) is 16.1. The van der Waals surface area contributed by atoms with E-state index in [4.69, 9.17) is 10.1 Å². The highest BCUT2D eigenvalue weighted by molar-refractivity contribution is 6.40. The molecule has 0 aliphatic carbocycles. The summed E-state index contributed by atoms with van der Waals surface area (Å²) in [6.07, 6.45) is 0.796. The number of carbonyl (C=O) groups is 1. The Morgan fingerprint density at radius 2 is 2.35 bits per heavy atom. The van der Waals surface area contributed by atoms with Gasteiger partial charge in [0.05, 0.1) is 12.5 Å². The van der Waals surface area contributed by atoms with Gasteiger partial charge < -0.3 is 10.1 Å². The van der Waals surface area contributed by atoms with Gasteiger partial charge in [-0.25, -0.2) is 4.79 Å². The van der Waals surface area contributed by atoms with E-state index in [0.717, 1.165) is 18.7 Å². The molecule has 1 aliphatic rings. The lowest BCUT2D eigenvalue weighted by molar-refractivity contribution is -0.135. The van der Waals surface area contributed by atoms with Gasteiger partial charge >= 0.3 is 5.97 Å². The van der Waals surface area contributed by atoms with Gasteiger partial charge in [0.1, 0.15) is 5.71 Å². The van der Waals surface area contributed by atoms with Gasteiger partial charge in [0.2, 0.25) is 0 Å². The number of hydrogen-bond donors (Lipinski definition) is 2. The summed E-state index contributed by atoms with van der Waals surface area (Å²) in [6.45, 7) is 7.51. The number of ether oxygens (including phenoxy) is 1. The fourth-order valence-corrected chi connectivity index (χ4v) is 1.86. The van der Waals surface area contributed by atoms with E-state index in [0.29, 0.717) is 13.2 Å². The van der Waals surface area contributed by atoms with Crippen molar-refractivity contribution < 1.29 is 9.53 Å². The van der Waals surface area contributed by atoms with Crippen molar-refractivity contribution in [2.45, 2.75) is 33.2 Å². The molecule has 17 heavy (non-hydrogen) atoms. The Balaban J connectivity index is 2.78. The monoisotopic (exact) mass is 239 g/mol. The molecule has 0 spiro atoms. The predicted molar refractivity (Wildman–Crippen MR) is 67.9 cm³/mol. The number of aliphatic imine (C=N–C) groups is 1. The van der Waals surface area contributed by atoms with Crippen LogP contribution < -0.4 is 5.32 Å². The smallest absolute Gasteiger partial charge is 0.352 e. The maximum Gasteiger partial charge on any atom is 0.352 e. The van der Waals surface area contributed by atoms with Crippen molar-refractivity contribution in [3.63, 3.8) is 0 Å². The molecule has 0 aromatic carbocycles. The van der Waals surface area contributed by atoms with E-state index in [9.17, 15) is 4.79 Å². The molecular formula is C12H21N3O2. The topological polar surface area (TPSA) is 74.5 Å². The summed E-state index contributed by atoms with van der Waals surface area (Å²) >= 11 is 0. The van der Waals surface area contributed by atoms with Crippen LogP contribution in [0.5, 0.6) is 0 Å². The molecule has 0 aromatic heterocycles. The zero-order valence-electron chi connectivity index (χ0n) is 10.7. The molecule has 1 atom stereocenters. The first-order valence-corrected chi connectivity index (χ1v) is 6.09. The number of nitrogens with one attached hydrogen (secondary N) is 2. The van der Waals surface area contributed by atoms with Gasteiger partial charge in [-0.05, 0) is 27.2 Å². The van der Waals surface area contributed by atoms with Crippen LogP contribution in [-0.4, -0.2) is 43.1 Å².